The van der Waals surface area contributed by atoms with E-state index in [1.807, 2.05) is 53.9 Å². The molecular formula is C33H37NO5. The molecule has 2 aromatic carbocycles. The average molecular weight is 528 g/mol. The van der Waals surface area contributed by atoms with Gasteiger partial charge >= 0.3 is 5.97 Å². The van der Waals surface area contributed by atoms with Crippen molar-refractivity contribution >= 4 is 17.3 Å². The second-order valence-corrected chi connectivity index (χ2v) is 10.2. The lowest BCUT2D eigenvalue weighted by Gasteiger charge is -2.19. The largest absolute Gasteiger partial charge is 0.491 e. The number of benzene rings is 2. The van der Waals surface area contributed by atoms with Crippen molar-refractivity contribution in [2.75, 3.05) is 13.2 Å². The Labute approximate surface area is 230 Å². The lowest BCUT2D eigenvalue weighted by atomic mass is 10.0. The van der Waals surface area contributed by atoms with E-state index in [0.717, 1.165) is 23.2 Å². The van der Waals surface area contributed by atoms with Crippen molar-refractivity contribution < 1.29 is 24.2 Å². The van der Waals surface area contributed by atoms with E-state index in [0.29, 0.717) is 48.8 Å². The van der Waals surface area contributed by atoms with Gasteiger partial charge in [0.1, 0.15) is 18.5 Å². The van der Waals surface area contributed by atoms with Gasteiger partial charge in [0.05, 0.1) is 5.52 Å². The molecule has 2 aromatic heterocycles. The van der Waals surface area contributed by atoms with Crippen molar-refractivity contribution in [3.63, 3.8) is 0 Å². The quantitative estimate of drug-likeness (QED) is 0.180. The lowest BCUT2D eigenvalue weighted by Crippen LogP contribution is -2.14. The summed E-state index contributed by atoms with van der Waals surface area (Å²) in [7, 11) is 0. The maximum absolute atomic E-state index is 13.4. The Bertz CT molecular complexity index is 1390. The summed E-state index contributed by atoms with van der Waals surface area (Å²) >= 11 is 0. The number of aliphatic carboxylic acids is 1. The number of carboxylic acid groups (broad SMARTS) is 1. The molecule has 0 aliphatic carbocycles. The van der Waals surface area contributed by atoms with Crippen molar-refractivity contribution in [1.29, 1.82) is 0 Å². The molecule has 0 spiro atoms. The van der Waals surface area contributed by atoms with Crippen LogP contribution in [0.2, 0.25) is 0 Å². The third kappa shape index (κ3) is 7.36. The van der Waals surface area contributed by atoms with E-state index >= 15 is 0 Å². The van der Waals surface area contributed by atoms with Crippen LogP contribution in [0.3, 0.4) is 0 Å². The van der Waals surface area contributed by atoms with Crippen LogP contribution in [0.4, 0.5) is 0 Å². The van der Waals surface area contributed by atoms with Crippen LogP contribution in [-0.4, -0.2) is 34.5 Å². The molecule has 0 fully saturated rings. The van der Waals surface area contributed by atoms with Gasteiger partial charge in [-0.05, 0) is 85.7 Å². The first-order chi connectivity index (χ1) is 18.9. The van der Waals surface area contributed by atoms with Gasteiger partial charge in [0.25, 0.3) is 0 Å². The molecular weight excluding hydrogens is 490 g/mol. The monoisotopic (exact) mass is 527 g/mol. The highest BCUT2D eigenvalue weighted by Gasteiger charge is 2.18. The molecule has 6 heteroatoms. The summed E-state index contributed by atoms with van der Waals surface area (Å²) in [6.45, 7) is 7.36. The van der Waals surface area contributed by atoms with Crippen LogP contribution in [0.15, 0.2) is 79.0 Å². The van der Waals surface area contributed by atoms with Gasteiger partial charge in [0.2, 0.25) is 0 Å². The molecule has 6 nitrogen and oxygen atoms in total. The van der Waals surface area contributed by atoms with Crippen LogP contribution in [0, 0.1) is 5.92 Å². The minimum Gasteiger partial charge on any atom is -0.491 e. The standard InChI is InChI=1S/C33H37NO5/c1-4-38-31(25-13-11-24(12-14-25)20-23(2)3)22-39-28-17-15-26(16-18-28)33(37)29-21-27(8-7-10-32(35)36)34-19-6-5-9-30(29)34/h5-6,9,11-19,21,23,31H,4,7-8,10,20,22H2,1-3H3,(H,35,36)/t31-/m0/s1. The van der Waals surface area contributed by atoms with Crippen LogP contribution in [-0.2, 0) is 22.4 Å². The molecule has 4 rings (SSSR count). The first-order valence-corrected chi connectivity index (χ1v) is 13.6. The fourth-order valence-corrected chi connectivity index (χ4v) is 4.83. The lowest BCUT2D eigenvalue weighted by molar-refractivity contribution is -0.137. The second kappa shape index (κ2) is 13.3. The normalized spacial score (nSPS) is 12.1. The van der Waals surface area contributed by atoms with E-state index in [1.165, 1.54) is 5.56 Å². The van der Waals surface area contributed by atoms with Gasteiger partial charge in [0.15, 0.2) is 5.78 Å². The molecule has 0 bridgehead atoms. The number of carboxylic acids is 1. The fraction of sp³-hybridized carbons (Fsp3) is 0.333. The number of rotatable bonds is 14. The number of hydrogen-bond acceptors (Lipinski definition) is 4. The van der Waals surface area contributed by atoms with Gasteiger partial charge < -0.3 is 19.0 Å². The Balaban J connectivity index is 1.44. The van der Waals surface area contributed by atoms with Gasteiger partial charge in [-0.1, -0.05) is 44.2 Å². The summed E-state index contributed by atoms with van der Waals surface area (Å²) in [5.74, 6) is 0.382. The molecule has 1 atom stereocenters. The number of hydrogen-bond donors (Lipinski definition) is 1. The molecule has 4 aromatic rings. The molecule has 0 aliphatic rings. The molecule has 0 aliphatic heterocycles. The topological polar surface area (TPSA) is 77.2 Å². The van der Waals surface area contributed by atoms with Crippen molar-refractivity contribution in [3.8, 4) is 5.75 Å². The summed E-state index contributed by atoms with van der Waals surface area (Å²) in [5.41, 5.74) is 5.30. The zero-order valence-electron chi connectivity index (χ0n) is 22.9. The van der Waals surface area contributed by atoms with Crippen LogP contribution in [0.1, 0.15) is 72.5 Å². The summed E-state index contributed by atoms with van der Waals surface area (Å²) in [6, 6.07) is 23.3. The summed E-state index contributed by atoms with van der Waals surface area (Å²) in [4.78, 5) is 24.4. The van der Waals surface area contributed by atoms with Gasteiger partial charge in [-0.15, -0.1) is 0 Å². The summed E-state index contributed by atoms with van der Waals surface area (Å²) in [6.07, 6.45) is 3.97. The maximum atomic E-state index is 13.4. The van der Waals surface area contributed by atoms with Crippen molar-refractivity contribution in [2.24, 2.45) is 5.92 Å². The highest BCUT2D eigenvalue weighted by atomic mass is 16.5. The predicted molar refractivity (Wildman–Crippen MR) is 153 cm³/mol. The Morgan fingerprint density at radius 1 is 0.974 bits per heavy atom. The minimum absolute atomic E-state index is 0.0802. The number of pyridine rings is 1. The molecule has 39 heavy (non-hydrogen) atoms. The molecule has 1 N–H and O–H groups in total. The first-order valence-electron chi connectivity index (χ1n) is 13.6. The fourth-order valence-electron chi connectivity index (χ4n) is 4.83. The Morgan fingerprint density at radius 3 is 2.38 bits per heavy atom. The number of carbonyl (C=O) groups is 2. The van der Waals surface area contributed by atoms with E-state index in [4.69, 9.17) is 14.6 Å². The van der Waals surface area contributed by atoms with Gasteiger partial charge in [-0.25, -0.2) is 0 Å². The predicted octanol–water partition coefficient (Wildman–Crippen LogP) is 6.93. The zero-order chi connectivity index (χ0) is 27.8. The number of nitrogens with zero attached hydrogens (tertiary/aromatic N) is 1. The average Bonchev–Trinajstić information content (AvgIpc) is 3.29. The molecule has 0 saturated carbocycles. The van der Waals surface area contributed by atoms with Crippen LogP contribution >= 0.6 is 0 Å². The van der Waals surface area contributed by atoms with E-state index in [-0.39, 0.29) is 18.3 Å². The first kappa shape index (κ1) is 28.1. The Hall–Kier alpha value is -3.90. The van der Waals surface area contributed by atoms with E-state index in [1.54, 1.807) is 12.1 Å². The van der Waals surface area contributed by atoms with Crippen molar-refractivity contribution in [1.82, 2.24) is 4.40 Å². The molecule has 2 heterocycles. The maximum Gasteiger partial charge on any atom is 0.303 e. The van der Waals surface area contributed by atoms with Gasteiger partial charge in [0, 0.05) is 36.0 Å². The smallest absolute Gasteiger partial charge is 0.303 e. The van der Waals surface area contributed by atoms with E-state index in [9.17, 15) is 9.59 Å². The Morgan fingerprint density at radius 2 is 1.72 bits per heavy atom. The highest BCUT2D eigenvalue weighted by Crippen LogP contribution is 2.25. The number of carbonyl (C=O) groups excluding carboxylic acids is 1. The minimum atomic E-state index is -0.818. The SMILES string of the molecule is CCO[C@@H](COc1ccc(C(=O)c2cc(CCCC(=O)O)n3ccccc23)cc1)c1ccc(CC(C)C)cc1. The molecule has 0 saturated heterocycles. The van der Waals surface area contributed by atoms with Gasteiger partial charge in [-0.3, -0.25) is 9.59 Å². The van der Waals surface area contributed by atoms with E-state index < -0.39 is 5.97 Å². The summed E-state index contributed by atoms with van der Waals surface area (Å²) < 4.78 is 14.0. The number of aromatic nitrogens is 1. The van der Waals surface area contributed by atoms with Crippen LogP contribution in [0.25, 0.3) is 5.52 Å². The number of ketones is 1. The van der Waals surface area contributed by atoms with Crippen LogP contribution < -0.4 is 4.74 Å². The van der Waals surface area contributed by atoms with Gasteiger partial charge in [-0.2, -0.15) is 0 Å². The zero-order valence-corrected chi connectivity index (χ0v) is 22.9. The second-order valence-electron chi connectivity index (χ2n) is 10.2. The highest BCUT2D eigenvalue weighted by molar-refractivity contribution is 6.13. The molecule has 0 unspecified atom stereocenters. The third-order valence-corrected chi connectivity index (χ3v) is 6.71. The molecule has 0 amide bonds. The third-order valence-electron chi connectivity index (χ3n) is 6.71. The number of ether oxygens (including phenoxy) is 2. The number of fused-ring (bicyclic) bond motifs is 1. The number of aryl methyl sites for hydroxylation is 1. The van der Waals surface area contributed by atoms with Crippen molar-refractivity contribution in [3.05, 3.63) is 107 Å². The Kier molecular flexibility index (Phi) is 9.55. The van der Waals surface area contributed by atoms with E-state index in [2.05, 4.69) is 38.1 Å². The van der Waals surface area contributed by atoms with Crippen LogP contribution in [0.5, 0.6) is 5.75 Å². The molecule has 204 valence electrons. The summed E-state index contributed by atoms with van der Waals surface area (Å²) in [5, 5.41) is 8.98. The molecule has 0 radical (unpaired) electrons. The van der Waals surface area contributed by atoms with Crippen molar-refractivity contribution in [2.45, 2.75) is 52.6 Å².